The molecule has 0 saturated carbocycles. The number of fused-ring (bicyclic) bond motifs is 1. The monoisotopic (exact) mass is 287 g/mol. The van der Waals surface area contributed by atoms with Crippen molar-refractivity contribution in [3.05, 3.63) is 58.4 Å². The van der Waals surface area contributed by atoms with Gasteiger partial charge in [-0.1, -0.05) is 35.9 Å². The van der Waals surface area contributed by atoms with Gasteiger partial charge in [0.2, 0.25) is 0 Å². The van der Waals surface area contributed by atoms with Gasteiger partial charge in [-0.25, -0.2) is 0 Å². The number of nitrogens with zero attached hydrogens (tertiary/aromatic N) is 3. The van der Waals surface area contributed by atoms with Gasteiger partial charge in [-0.2, -0.15) is 0 Å². The van der Waals surface area contributed by atoms with Crippen LogP contribution in [0.5, 0.6) is 0 Å². The Morgan fingerprint density at radius 3 is 2.80 bits per heavy atom. The van der Waals surface area contributed by atoms with Crippen LogP contribution in [0.2, 0.25) is 5.15 Å². The van der Waals surface area contributed by atoms with Crippen LogP contribution < -0.4 is 0 Å². The fraction of sp³-hybridized carbons (Fsp3) is 0.267. The van der Waals surface area contributed by atoms with Crippen molar-refractivity contribution in [3.63, 3.8) is 0 Å². The molecular formula is C15H14ClN3O. The molecule has 1 aliphatic rings. The summed E-state index contributed by atoms with van der Waals surface area (Å²) in [5.74, 6) is -0.129. The molecule has 1 atom stereocenters. The molecule has 102 valence electrons. The largest absolute Gasteiger partial charge is 0.333 e. The number of hydrogen-bond donors (Lipinski definition) is 0. The molecule has 1 aliphatic carbocycles. The van der Waals surface area contributed by atoms with Gasteiger partial charge in [0.25, 0.3) is 5.91 Å². The predicted octanol–water partition coefficient (Wildman–Crippen LogP) is 2.89. The van der Waals surface area contributed by atoms with Crippen LogP contribution in [0, 0.1) is 0 Å². The van der Waals surface area contributed by atoms with Crippen LogP contribution in [0.15, 0.2) is 36.4 Å². The summed E-state index contributed by atoms with van der Waals surface area (Å²) in [5, 5.41) is 7.86. The topological polar surface area (TPSA) is 46.1 Å². The van der Waals surface area contributed by atoms with E-state index in [1.165, 1.54) is 11.1 Å². The van der Waals surface area contributed by atoms with Crippen molar-refractivity contribution in [2.75, 3.05) is 7.05 Å². The van der Waals surface area contributed by atoms with Gasteiger partial charge in [0.05, 0.1) is 6.04 Å². The Hall–Kier alpha value is -1.94. The summed E-state index contributed by atoms with van der Waals surface area (Å²) in [5.41, 5.74) is 2.87. The summed E-state index contributed by atoms with van der Waals surface area (Å²) in [6.07, 6.45) is 1.95. The fourth-order valence-corrected chi connectivity index (χ4v) is 2.79. The van der Waals surface area contributed by atoms with Crippen molar-refractivity contribution in [2.24, 2.45) is 0 Å². The van der Waals surface area contributed by atoms with E-state index in [4.69, 9.17) is 11.6 Å². The molecule has 1 aromatic heterocycles. The molecule has 1 unspecified atom stereocenters. The first-order valence-corrected chi connectivity index (χ1v) is 6.89. The Morgan fingerprint density at radius 2 is 2.05 bits per heavy atom. The number of aromatic nitrogens is 2. The Kier molecular flexibility index (Phi) is 3.40. The Labute approximate surface area is 122 Å². The van der Waals surface area contributed by atoms with Gasteiger partial charge >= 0.3 is 0 Å². The van der Waals surface area contributed by atoms with Crippen LogP contribution in [-0.4, -0.2) is 28.1 Å². The molecule has 3 rings (SSSR count). The first-order valence-electron chi connectivity index (χ1n) is 6.51. The van der Waals surface area contributed by atoms with E-state index < -0.39 is 0 Å². The lowest BCUT2D eigenvalue weighted by atomic mass is 10.1. The van der Waals surface area contributed by atoms with Gasteiger partial charge in [0, 0.05) is 7.05 Å². The number of benzene rings is 1. The van der Waals surface area contributed by atoms with E-state index in [0.29, 0.717) is 5.69 Å². The van der Waals surface area contributed by atoms with Crippen LogP contribution in [0.1, 0.15) is 34.1 Å². The molecule has 0 radical (unpaired) electrons. The van der Waals surface area contributed by atoms with Crippen molar-refractivity contribution in [1.29, 1.82) is 0 Å². The van der Waals surface area contributed by atoms with E-state index >= 15 is 0 Å². The molecule has 1 amide bonds. The normalized spacial score (nSPS) is 16.8. The van der Waals surface area contributed by atoms with Gasteiger partial charge < -0.3 is 4.90 Å². The van der Waals surface area contributed by atoms with Crippen molar-refractivity contribution < 1.29 is 4.79 Å². The van der Waals surface area contributed by atoms with Gasteiger partial charge in [-0.15, -0.1) is 10.2 Å². The third-order valence-electron chi connectivity index (χ3n) is 3.74. The molecule has 0 N–H and O–H groups in total. The number of hydrogen-bond acceptors (Lipinski definition) is 3. The summed E-state index contributed by atoms with van der Waals surface area (Å²) >= 11 is 5.69. The van der Waals surface area contributed by atoms with Crippen LogP contribution in [0.3, 0.4) is 0 Å². The van der Waals surface area contributed by atoms with E-state index in [0.717, 1.165) is 12.8 Å². The summed E-state index contributed by atoms with van der Waals surface area (Å²) in [4.78, 5) is 14.2. The lowest BCUT2D eigenvalue weighted by Gasteiger charge is -2.25. The minimum atomic E-state index is -0.129. The third kappa shape index (κ3) is 2.27. The van der Waals surface area contributed by atoms with Gasteiger partial charge in [0.1, 0.15) is 0 Å². The molecule has 4 nitrogen and oxygen atoms in total. The molecule has 0 bridgehead atoms. The maximum absolute atomic E-state index is 12.4. The highest BCUT2D eigenvalue weighted by Crippen LogP contribution is 2.35. The quantitative estimate of drug-likeness (QED) is 0.853. The molecule has 2 aromatic rings. The molecule has 1 aromatic carbocycles. The number of carbonyl (C=O) groups is 1. The highest BCUT2D eigenvalue weighted by atomic mass is 35.5. The van der Waals surface area contributed by atoms with E-state index in [2.05, 4.69) is 22.3 Å². The number of halogens is 1. The van der Waals surface area contributed by atoms with Crippen molar-refractivity contribution >= 4 is 17.5 Å². The maximum atomic E-state index is 12.4. The number of amides is 1. The Bertz CT molecular complexity index is 642. The first-order chi connectivity index (χ1) is 9.66. The van der Waals surface area contributed by atoms with Crippen molar-refractivity contribution in [2.45, 2.75) is 18.9 Å². The molecular weight excluding hydrogens is 274 g/mol. The molecule has 5 heteroatoms. The second-order valence-electron chi connectivity index (χ2n) is 4.91. The van der Waals surface area contributed by atoms with Crippen LogP contribution >= 0.6 is 11.6 Å². The second kappa shape index (κ2) is 5.21. The SMILES string of the molecule is CN(C(=O)c1ccc(Cl)nn1)C1CCc2ccccc21. The standard InChI is InChI=1S/C15H14ClN3O/c1-19(15(20)12-7-9-14(16)18-17-12)13-8-6-10-4-2-3-5-11(10)13/h2-5,7,9,13H,6,8H2,1H3. The zero-order valence-electron chi connectivity index (χ0n) is 11.1. The minimum absolute atomic E-state index is 0.108. The second-order valence-corrected chi connectivity index (χ2v) is 5.30. The summed E-state index contributed by atoms with van der Waals surface area (Å²) < 4.78 is 0. The van der Waals surface area contributed by atoms with Crippen LogP contribution in [0.25, 0.3) is 0 Å². The summed E-state index contributed by atoms with van der Waals surface area (Å²) in [6.45, 7) is 0. The van der Waals surface area contributed by atoms with Crippen molar-refractivity contribution in [1.82, 2.24) is 15.1 Å². The summed E-state index contributed by atoms with van der Waals surface area (Å²) in [7, 11) is 1.81. The van der Waals surface area contributed by atoms with Crippen LogP contribution in [-0.2, 0) is 6.42 Å². The molecule has 0 saturated heterocycles. The minimum Gasteiger partial charge on any atom is -0.333 e. The average molecular weight is 288 g/mol. The molecule has 20 heavy (non-hydrogen) atoms. The van der Waals surface area contributed by atoms with Gasteiger partial charge in [-0.05, 0) is 36.1 Å². The van der Waals surface area contributed by atoms with Gasteiger partial charge in [-0.3, -0.25) is 4.79 Å². The number of carbonyl (C=O) groups excluding carboxylic acids is 1. The molecule has 1 heterocycles. The number of rotatable bonds is 2. The molecule has 0 fully saturated rings. The maximum Gasteiger partial charge on any atom is 0.274 e. The average Bonchev–Trinajstić information content (AvgIpc) is 2.90. The van der Waals surface area contributed by atoms with Crippen molar-refractivity contribution in [3.8, 4) is 0 Å². The van der Waals surface area contributed by atoms with E-state index in [9.17, 15) is 4.79 Å². The third-order valence-corrected chi connectivity index (χ3v) is 3.94. The zero-order chi connectivity index (χ0) is 14.1. The summed E-state index contributed by atoms with van der Waals surface area (Å²) in [6, 6.07) is 11.6. The first kappa shape index (κ1) is 13.1. The lowest BCUT2D eigenvalue weighted by Crippen LogP contribution is -2.30. The van der Waals surface area contributed by atoms with E-state index in [1.54, 1.807) is 17.0 Å². The zero-order valence-corrected chi connectivity index (χ0v) is 11.8. The highest BCUT2D eigenvalue weighted by molar-refractivity contribution is 6.29. The Balaban J connectivity index is 1.85. The van der Waals surface area contributed by atoms with Gasteiger partial charge in [0.15, 0.2) is 10.8 Å². The van der Waals surface area contributed by atoms with E-state index in [-0.39, 0.29) is 17.1 Å². The Morgan fingerprint density at radius 1 is 1.25 bits per heavy atom. The highest BCUT2D eigenvalue weighted by Gasteiger charge is 2.29. The smallest absolute Gasteiger partial charge is 0.274 e. The fourth-order valence-electron chi connectivity index (χ4n) is 2.69. The lowest BCUT2D eigenvalue weighted by molar-refractivity contribution is 0.0723. The predicted molar refractivity (Wildman–Crippen MR) is 76.6 cm³/mol. The van der Waals surface area contributed by atoms with E-state index in [1.807, 2.05) is 19.2 Å². The molecule has 0 aliphatic heterocycles. The molecule has 0 spiro atoms. The number of aryl methyl sites for hydroxylation is 1. The van der Waals surface area contributed by atoms with Crippen LogP contribution in [0.4, 0.5) is 0 Å².